The topological polar surface area (TPSA) is 243 Å². The Morgan fingerprint density at radius 3 is 2.37 bits per heavy atom. The Morgan fingerprint density at radius 2 is 1.62 bits per heavy atom. The zero-order valence-electron chi connectivity index (χ0n) is 53.5. The molecule has 0 aromatic heterocycles. The maximum atomic E-state index is 14.7. The van der Waals surface area contributed by atoms with Crippen molar-refractivity contribution in [2.45, 2.75) is 153 Å². The predicted octanol–water partition coefficient (Wildman–Crippen LogP) is 9.59. The highest BCUT2D eigenvalue weighted by Gasteiger charge is 2.66. The molecule has 1 saturated heterocycles. The maximum absolute atomic E-state index is 14.7. The highest BCUT2D eigenvalue weighted by molar-refractivity contribution is 6.08. The van der Waals surface area contributed by atoms with Gasteiger partial charge in [-0.05, 0) is 262 Å². The lowest BCUT2D eigenvalue weighted by atomic mass is 9.52. The standard InChI is InChI=1S/C76H102N8O6/c1-49(86)44-82-71-43-75(42-67-65-27-30-80-45-61(65)33-56-17-10-29-81-73(56)67)40-54(22-25-70(75)76(71)28-26-57(41-76)58(46-84-74(78)79)24-20-51-13-7-4-8-14-51)32-63(87)38-64(88)35-62(48-85)66-39-69(90-2)68(89)36-59(66)34-60-47-83-72(77)37-55(60)23-21-53-16-9-15-52(31-53)19-18-50-11-5-3-6-12-50/h3-17,31,35-37,39,47,49,54,56-58,61,65,67,70-73,80-83,85-86,89H,18-30,32-34,38,40-46,48,77H2,1-2H3,(H4,78,79,84). The molecule has 7 aliphatic rings. The molecule has 14 nitrogen and oxygen atoms in total. The number of aryl methyl sites for hydroxylation is 4. The van der Waals surface area contributed by atoms with Crippen molar-refractivity contribution in [1.29, 1.82) is 0 Å². The molecule has 14 atom stereocenters. The number of allylic oxidation sites excluding steroid dienone is 3. The van der Waals surface area contributed by atoms with E-state index < -0.39 is 12.7 Å². The fourth-order valence-electron chi connectivity index (χ4n) is 18.7. The summed E-state index contributed by atoms with van der Waals surface area (Å²) in [5, 5.41) is 48.6. The number of nitrogens with zero attached hydrogens (tertiary/aromatic N) is 1. The van der Waals surface area contributed by atoms with E-state index in [2.05, 4.69) is 118 Å². The molecule has 0 bridgehead atoms. The first-order valence-corrected chi connectivity index (χ1v) is 34.1. The van der Waals surface area contributed by atoms with E-state index in [9.17, 15) is 24.9 Å². The molecule has 4 aromatic carbocycles. The quantitative estimate of drug-likeness (QED) is 0.00881. The number of carbonyl (C=O) groups is 2. The van der Waals surface area contributed by atoms with Crippen LogP contribution in [-0.2, 0) is 41.7 Å². The van der Waals surface area contributed by atoms with Gasteiger partial charge in [-0.1, -0.05) is 97.1 Å². The van der Waals surface area contributed by atoms with Crippen LogP contribution in [0.3, 0.4) is 0 Å². The van der Waals surface area contributed by atoms with Gasteiger partial charge in [-0.2, -0.15) is 0 Å². The van der Waals surface area contributed by atoms with Gasteiger partial charge in [-0.3, -0.25) is 14.6 Å². The SMILES string of the molecule is COc1cc(C(=CC(=O)CC(=O)CC2CCC3C(CC4C5CCNCC5CC5C=CCNC54)(C2)CC(NCC(C)O)C32CCC(C(CCc3ccccc3)CN=C(N)N)C2)CO)c(CC2=CNC(N)C=C2CCc2cccc(CCc3ccccc3)c2)cc1O. The first kappa shape index (κ1) is 65.1. The van der Waals surface area contributed by atoms with Crippen molar-refractivity contribution in [2.24, 2.45) is 80.4 Å². The van der Waals surface area contributed by atoms with E-state index in [0.717, 1.165) is 121 Å². The lowest BCUT2D eigenvalue weighted by Gasteiger charge is -2.55. The number of phenols is 1. The number of guanidine groups is 1. The molecule has 0 radical (unpaired) electrons. The van der Waals surface area contributed by atoms with Gasteiger partial charge < -0.3 is 58.5 Å². The van der Waals surface area contributed by atoms with Crippen molar-refractivity contribution in [3.63, 3.8) is 0 Å². The Labute approximate surface area is 535 Å². The number of nitrogens with two attached hydrogens (primary N) is 3. The van der Waals surface area contributed by atoms with Crippen molar-refractivity contribution in [3.05, 3.63) is 172 Å². The summed E-state index contributed by atoms with van der Waals surface area (Å²) in [6.07, 6.45) is 26.0. The van der Waals surface area contributed by atoms with Gasteiger partial charge >= 0.3 is 0 Å². The van der Waals surface area contributed by atoms with Crippen LogP contribution in [0.2, 0.25) is 0 Å². The van der Waals surface area contributed by atoms with E-state index in [1.807, 2.05) is 19.2 Å². The number of fused-ring (bicyclic) bond motifs is 4. The molecule has 482 valence electrons. The number of methoxy groups -OCH3 is 1. The van der Waals surface area contributed by atoms with Crippen LogP contribution in [0.15, 0.2) is 144 Å². The lowest BCUT2D eigenvalue weighted by Crippen LogP contribution is -2.57. The molecule has 0 amide bonds. The summed E-state index contributed by atoms with van der Waals surface area (Å²) in [5.41, 5.74) is 27.4. The third-order valence-corrected chi connectivity index (χ3v) is 22.6. The molecular weight excluding hydrogens is 1120 g/mol. The number of aromatic hydroxyl groups is 1. The Morgan fingerprint density at radius 1 is 0.878 bits per heavy atom. The Hall–Kier alpha value is -6.39. The molecule has 4 saturated carbocycles. The zero-order valence-corrected chi connectivity index (χ0v) is 53.5. The second kappa shape index (κ2) is 29.9. The van der Waals surface area contributed by atoms with E-state index in [-0.39, 0.29) is 64.4 Å². The monoisotopic (exact) mass is 1220 g/mol. The average Bonchev–Trinajstić information content (AvgIpc) is 1.54. The van der Waals surface area contributed by atoms with Gasteiger partial charge in [0.2, 0.25) is 0 Å². The smallest absolute Gasteiger partial charge is 0.185 e. The molecule has 14 heteroatoms. The molecule has 4 aliphatic carbocycles. The number of phenolic OH excluding ortho intramolecular Hbond substituents is 1. The van der Waals surface area contributed by atoms with Crippen LogP contribution in [-0.4, -0.2) is 104 Å². The van der Waals surface area contributed by atoms with Crippen LogP contribution in [0.1, 0.15) is 130 Å². The number of ether oxygens (including phenoxy) is 1. The van der Waals surface area contributed by atoms with Crippen molar-refractivity contribution in [3.8, 4) is 11.5 Å². The second-order valence-electron chi connectivity index (χ2n) is 28.3. The number of benzene rings is 4. The van der Waals surface area contributed by atoms with Gasteiger partial charge in [0.25, 0.3) is 0 Å². The van der Waals surface area contributed by atoms with Gasteiger partial charge in [0, 0.05) is 44.3 Å². The number of piperidine rings is 1. The van der Waals surface area contributed by atoms with Crippen LogP contribution in [0.25, 0.3) is 5.57 Å². The number of nitrogens with one attached hydrogen (secondary N) is 4. The molecule has 3 heterocycles. The number of aliphatic hydroxyl groups excluding tert-OH is 2. The highest BCUT2D eigenvalue weighted by Crippen LogP contribution is 2.71. The number of ketones is 2. The summed E-state index contributed by atoms with van der Waals surface area (Å²) >= 11 is 0. The van der Waals surface area contributed by atoms with E-state index in [1.165, 1.54) is 48.3 Å². The number of carbonyl (C=O) groups excluding carboxylic acids is 2. The van der Waals surface area contributed by atoms with Gasteiger partial charge in [0.05, 0.1) is 32.4 Å². The summed E-state index contributed by atoms with van der Waals surface area (Å²) in [6, 6.07) is 34.1. The number of hydrogen-bond donors (Lipinski definition) is 10. The minimum absolute atomic E-state index is 0.000442. The van der Waals surface area contributed by atoms with Crippen LogP contribution >= 0.6 is 0 Å². The van der Waals surface area contributed by atoms with Gasteiger partial charge in [-0.15, -0.1) is 0 Å². The van der Waals surface area contributed by atoms with E-state index in [0.29, 0.717) is 90.1 Å². The second-order valence-corrected chi connectivity index (χ2v) is 28.3. The molecule has 90 heavy (non-hydrogen) atoms. The first-order valence-electron chi connectivity index (χ1n) is 34.1. The minimum Gasteiger partial charge on any atom is -0.504 e. The van der Waals surface area contributed by atoms with Gasteiger partial charge in [0.15, 0.2) is 23.2 Å². The summed E-state index contributed by atoms with van der Waals surface area (Å²) in [7, 11) is 1.48. The van der Waals surface area contributed by atoms with E-state index in [1.54, 1.807) is 12.1 Å². The summed E-state index contributed by atoms with van der Waals surface area (Å²) < 4.78 is 5.62. The fourth-order valence-corrected chi connectivity index (χ4v) is 18.7. The van der Waals surface area contributed by atoms with Crippen molar-refractivity contribution in [1.82, 2.24) is 21.3 Å². The molecule has 3 aliphatic heterocycles. The lowest BCUT2D eigenvalue weighted by molar-refractivity contribution is -0.126. The van der Waals surface area contributed by atoms with E-state index >= 15 is 0 Å². The first-order chi connectivity index (χ1) is 43.7. The summed E-state index contributed by atoms with van der Waals surface area (Å²) in [4.78, 5) is 33.8. The third kappa shape index (κ3) is 15.6. The maximum Gasteiger partial charge on any atom is 0.185 e. The average molecular weight is 1220 g/mol. The summed E-state index contributed by atoms with van der Waals surface area (Å²) in [6.45, 7) is 5.57. The number of aliphatic imine (C=N–C) groups is 1. The summed E-state index contributed by atoms with van der Waals surface area (Å²) in [5.74, 6) is 3.37. The molecule has 11 rings (SSSR count). The number of Topliss-reactive ketones (excluding diaryl/α,β-unsaturated/α-hetero) is 1. The van der Waals surface area contributed by atoms with Crippen molar-refractivity contribution >= 4 is 23.1 Å². The molecule has 4 aromatic rings. The van der Waals surface area contributed by atoms with Gasteiger partial charge in [0.1, 0.15) is 5.78 Å². The highest BCUT2D eigenvalue weighted by atomic mass is 16.5. The number of dihydropyridines is 1. The Balaban J connectivity index is 0.826. The molecular formula is C76H102N8O6. The molecule has 5 fully saturated rings. The number of hydrogen-bond acceptors (Lipinski definition) is 12. The zero-order chi connectivity index (χ0) is 62.8. The molecule has 14 unspecified atom stereocenters. The van der Waals surface area contributed by atoms with Crippen LogP contribution in [0.5, 0.6) is 11.5 Å². The molecule has 1 spiro atoms. The number of rotatable bonds is 27. The largest absolute Gasteiger partial charge is 0.504 e. The minimum atomic E-state index is -0.492. The predicted molar refractivity (Wildman–Crippen MR) is 360 cm³/mol. The Bertz CT molecular complexity index is 3250. The fraction of sp³-hybridized carbons (Fsp3) is 0.539. The molecule has 13 N–H and O–H groups in total. The Kier molecular flexibility index (Phi) is 21.6. The van der Waals surface area contributed by atoms with Crippen LogP contribution < -0.4 is 43.2 Å². The van der Waals surface area contributed by atoms with Crippen molar-refractivity contribution < 1.29 is 29.6 Å². The normalized spacial score (nSPS) is 29.4. The van der Waals surface area contributed by atoms with Gasteiger partial charge in [-0.25, -0.2) is 0 Å². The van der Waals surface area contributed by atoms with Crippen molar-refractivity contribution in [2.75, 3.05) is 46.4 Å². The van der Waals surface area contributed by atoms with Crippen LogP contribution in [0.4, 0.5) is 0 Å². The third-order valence-electron chi connectivity index (χ3n) is 22.6. The van der Waals surface area contributed by atoms with E-state index in [4.69, 9.17) is 26.9 Å². The number of aliphatic hydroxyl groups is 2. The van der Waals surface area contributed by atoms with Crippen LogP contribution in [0, 0.1) is 58.2 Å².